The van der Waals surface area contributed by atoms with Crippen LogP contribution in [0.25, 0.3) is 0 Å². The van der Waals surface area contributed by atoms with Gasteiger partial charge in [0.05, 0.1) is 25.5 Å². The van der Waals surface area contributed by atoms with Crippen LogP contribution in [0.1, 0.15) is 10.4 Å². The number of benzene rings is 1. The summed E-state index contributed by atoms with van der Waals surface area (Å²) in [7, 11) is 4.15. The summed E-state index contributed by atoms with van der Waals surface area (Å²) < 4.78 is 14.8. The fourth-order valence-electron chi connectivity index (χ4n) is 1.50. The maximum Gasteiger partial charge on any atom is 0.335 e. The van der Waals surface area contributed by atoms with Crippen LogP contribution in [0, 0.1) is 0 Å². The number of rotatable bonds is 6. The van der Waals surface area contributed by atoms with Crippen molar-refractivity contribution in [3.05, 3.63) is 17.7 Å². The van der Waals surface area contributed by atoms with Crippen LogP contribution in [0.3, 0.4) is 0 Å². The van der Waals surface area contributed by atoms with Crippen molar-refractivity contribution < 1.29 is 28.9 Å². The highest BCUT2D eigenvalue weighted by molar-refractivity contribution is 5.97. The molecule has 0 aromatic heterocycles. The van der Waals surface area contributed by atoms with E-state index in [0.717, 1.165) is 0 Å². The SMILES string of the molecule is COCC(=O)Nc1cc(C(=O)O)cc(OC)c1OC. The van der Waals surface area contributed by atoms with Crippen LogP contribution in [0.15, 0.2) is 12.1 Å². The number of hydrogen-bond acceptors (Lipinski definition) is 5. The van der Waals surface area contributed by atoms with Crippen LogP contribution in [0.5, 0.6) is 11.5 Å². The molecule has 0 aliphatic rings. The first-order valence-corrected chi connectivity index (χ1v) is 5.31. The number of anilines is 1. The quantitative estimate of drug-likeness (QED) is 0.799. The fraction of sp³-hybridized carbons (Fsp3) is 0.333. The Bertz CT molecular complexity index is 485. The van der Waals surface area contributed by atoms with E-state index in [1.54, 1.807) is 0 Å². The van der Waals surface area contributed by atoms with E-state index in [2.05, 4.69) is 10.1 Å². The van der Waals surface area contributed by atoms with Crippen molar-refractivity contribution in [2.45, 2.75) is 0 Å². The number of carboxylic acid groups (broad SMARTS) is 1. The molecule has 19 heavy (non-hydrogen) atoms. The summed E-state index contributed by atoms with van der Waals surface area (Å²) in [5.74, 6) is -1.10. The number of carbonyl (C=O) groups is 2. The molecule has 2 N–H and O–H groups in total. The average Bonchev–Trinajstić information content (AvgIpc) is 2.37. The lowest BCUT2D eigenvalue weighted by Gasteiger charge is -2.14. The first kappa shape index (κ1) is 14.8. The molecule has 104 valence electrons. The highest BCUT2D eigenvalue weighted by Gasteiger charge is 2.17. The molecule has 1 aromatic carbocycles. The summed E-state index contributed by atoms with van der Waals surface area (Å²) in [6.45, 7) is -0.150. The van der Waals surface area contributed by atoms with Crippen LogP contribution < -0.4 is 14.8 Å². The Morgan fingerprint density at radius 3 is 2.37 bits per heavy atom. The number of carbonyl (C=O) groups excluding carboxylic acids is 1. The molecule has 0 heterocycles. The Morgan fingerprint density at radius 2 is 1.89 bits per heavy atom. The third kappa shape index (κ3) is 3.59. The average molecular weight is 269 g/mol. The standard InChI is InChI=1S/C12H15NO6/c1-17-6-10(14)13-8-4-7(12(15)16)5-9(18-2)11(8)19-3/h4-5H,6H2,1-3H3,(H,13,14)(H,15,16). The van der Waals surface area contributed by atoms with Crippen molar-refractivity contribution in [2.24, 2.45) is 0 Å². The molecule has 7 nitrogen and oxygen atoms in total. The summed E-state index contributed by atoms with van der Waals surface area (Å²) in [5, 5.41) is 11.5. The molecule has 7 heteroatoms. The number of amides is 1. The zero-order chi connectivity index (χ0) is 14.4. The van der Waals surface area contributed by atoms with Crippen LogP contribution >= 0.6 is 0 Å². The lowest BCUT2D eigenvalue weighted by atomic mass is 10.1. The maximum atomic E-state index is 11.5. The predicted molar refractivity (Wildman–Crippen MR) is 67.0 cm³/mol. The molecule has 1 aromatic rings. The monoisotopic (exact) mass is 269 g/mol. The van der Waals surface area contributed by atoms with E-state index >= 15 is 0 Å². The van der Waals surface area contributed by atoms with Gasteiger partial charge in [-0.2, -0.15) is 0 Å². The zero-order valence-electron chi connectivity index (χ0n) is 10.9. The number of carboxylic acids is 1. The summed E-state index contributed by atoms with van der Waals surface area (Å²) in [6.07, 6.45) is 0. The van der Waals surface area contributed by atoms with E-state index < -0.39 is 11.9 Å². The van der Waals surface area contributed by atoms with Crippen LogP contribution in [0.4, 0.5) is 5.69 Å². The zero-order valence-corrected chi connectivity index (χ0v) is 10.9. The third-order valence-electron chi connectivity index (χ3n) is 2.28. The maximum absolute atomic E-state index is 11.5. The summed E-state index contributed by atoms with van der Waals surface area (Å²) >= 11 is 0. The second-order valence-corrected chi connectivity index (χ2v) is 3.55. The van der Waals surface area contributed by atoms with Crippen molar-refractivity contribution in [2.75, 3.05) is 33.3 Å². The molecule has 0 aliphatic carbocycles. The summed E-state index contributed by atoms with van der Waals surface area (Å²) in [5.41, 5.74) is 0.187. The Morgan fingerprint density at radius 1 is 1.21 bits per heavy atom. The van der Waals surface area contributed by atoms with E-state index in [9.17, 15) is 9.59 Å². The van der Waals surface area contributed by atoms with Gasteiger partial charge >= 0.3 is 5.97 Å². The lowest BCUT2D eigenvalue weighted by molar-refractivity contribution is -0.119. The van der Waals surface area contributed by atoms with Gasteiger partial charge in [-0.15, -0.1) is 0 Å². The van der Waals surface area contributed by atoms with Gasteiger partial charge in [-0.25, -0.2) is 4.79 Å². The van der Waals surface area contributed by atoms with Crippen molar-refractivity contribution in [3.8, 4) is 11.5 Å². The molecule has 0 aliphatic heterocycles. The van der Waals surface area contributed by atoms with Crippen molar-refractivity contribution in [1.82, 2.24) is 0 Å². The highest BCUT2D eigenvalue weighted by Crippen LogP contribution is 2.36. The molecule has 0 unspecified atom stereocenters. The molecular formula is C12H15NO6. The topological polar surface area (TPSA) is 94.1 Å². The molecule has 1 amide bonds. The fourth-order valence-corrected chi connectivity index (χ4v) is 1.50. The van der Waals surface area contributed by atoms with Gasteiger partial charge in [-0.3, -0.25) is 4.79 Å². The lowest BCUT2D eigenvalue weighted by Crippen LogP contribution is -2.18. The van der Waals surface area contributed by atoms with Gasteiger partial charge in [0.15, 0.2) is 11.5 Å². The molecule has 0 fully saturated rings. The second kappa shape index (κ2) is 6.60. The Hall–Kier alpha value is -2.28. The minimum atomic E-state index is -1.14. The Labute approximate surface area is 110 Å². The van der Waals surface area contributed by atoms with Gasteiger partial charge in [0.2, 0.25) is 5.91 Å². The number of hydrogen-bond donors (Lipinski definition) is 2. The summed E-state index contributed by atoms with van der Waals surface area (Å²) in [6, 6.07) is 2.60. The van der Waals surface area contributed by atoms with Crippen LogP contribution in [-0.4, -0.2) is 44.9 Å². The molecular weight excluding hydrogens is 254 g/mol. The van der Waals surface area contributed by atoms with E-state index in [4.69, 9.17) is 14.6 Å². The van der Waals surface area contributed by atoms with Gasteiger partial charge in [-0.1, -0.05) is 0 Å². The minimum absolute atomic E-state index is 0.0228. The third-order valence-corrected chi connectivity index (χ3v) is 2.28. The molecule has 1 rings (SSSR count). The molecule has 0 saturated heterocycles. The van der Waals surface area contributed by atoms with E-state index in [1.807, 2.05) is 0 Å². The first-order chi connectivity index (χ1) is 9.03. The molecule has 0 saturated carbocycles. The van der Waals surface area contributed by atoms with E-state index in [-0.39, 0.29) is 29.4 Å². The van der Waals surface area contributed by atoms with Gasteiger partial charge < -0.3 is 24.6 Å². The Kier molecular flexibility index (Phi) is 5.13. The normalized spacial score (nSPS) is 9.84. The number of ether oxygens (including phenoxy) is 3. The Balaban J connectivity index is 3.21. The second-order valence-electron chi connectivity index (χ2n) is 3.55. The van der Waals surface area contributed by atoms with Crippen molar-refractivity contribution in [3.63, 3.8) is 0 Å². The van der Waals surface area contributed by atoms with Crippen molar-refractivity contribution in [1.29, 1.82) is 0 Å². The van der Waals surface area contributed by atoms with Gasteiger partial charge in [0.1, 0.15) is 6.61 Å². The van der Waals surface area contributed by atoms with Crippen molar-refractivity contribution >= 4 is 17.6 Å². The largest absolute Gasteiger partial charge is 0.493 e. The summed E-state index contributed by atoms with van der Waals surface area (Å²) in [4.78, 5) is 22.5. The van der Waals surface area contributed by atoms with E-state index in [1.165, 1.54) is 33.5 Å². The highest BCUT2D eigenvalue weighted by atomic mass is 16.5. The first-order valence-electron chi connectivity index (χ1n) is 5.31. The molecule has 0 radical (unpaired) electrons. The smallest absolute Gasteiger partial charge is 0.335 e. The van der Waals surface area contributed by atoms with Gasteiger partial charge in [0, 0.05) is 7.11 Å². The van der Waals surface area contributed by atoms with Gasteiger partial charge in [-0.05, 0) is 12.1 Å². The molecule has 0 spiro atoms. The van der Waals surface area contributed by atoms with E-state index in [0.29, 0.717) is 0 Å². The van der Waals surface area contributed by atoms with Gasteiger partial charge in [0.25, 0.3) is 0 Å². The number of nitrogens with one attached hydrogen (secondary N) is 1. The predicted octanol–water partition coefficient (Wildman–Crippen LogP) is 0.987. The van der Waals surface area contributed by atoms with Crippen LogP contribution in [0.2, 0.25) is 0 Å². The molecule has 0 bridgehead atoms. The number of aromatic carboxylic acids is 1. The van der Waals surface area contributed by atoms with Crippen LogP contribution in [-0.2, 0) is 9.53 Å². The minimum Gasteiger partial charge on any atom is -0.493 e. The molecule has 0 atom stereocenters. The number of methoxy groups -OCH3 is 3.